The summed E-state index contributed by atoms with van der Waals surface area (Å²) in [6, 6.07) is 10.4. The zero-order valence-corrected chi connectivity index (χ0v) is 14.3. The minimum Gasteiger partial charge on any atom is -0.381 e. The molecule has 0 atom stereocenters. The Balaban J connectivity index is 1.69. The summed E-state index contributed by atoms with van der Waals surface area (Å²) < 4.78 is 10.7. The van der Waals surface area contributed by atoms with Gasteiger partial charge in [0.05, 0.1) is 12.1 Å². The highest BCUT2D eigenvalue weighted by atomic mass is 16.5. The van der Waals surface area contributed by atoms with E-state index in [0.717, 1.165) is 37.3 Å². The van der Waals surface area contributed by atoms with E-state index in [4.69, 9.17) is 9.26 Å². The zero-order chi connectivity index (χ0) is 17.0. The van der Waals surface area contributed by atoms with Gasteiger partial charge in [0.1, 0.15) is 5.76 Å². The van der Waals surface area contributed by atoms with Gasteiger partial charge in [-0.05, 0) is 32.3 Å². The molecule has 0 saturated carbocycles. The van der Waals surface area contributed by atoms with Crippen LogP contribution in [0.3, 0.4) is 0 Å². The quantitative estimate of drug-likeness (QED) is 0.916. The predicted molar refractivity (Wildman–Crippen MR) is 90.9 cm³/mol. The number of carbonyl (C=O) groups excluding carboxylic acids is 1. The summed E-state index contributed by atoms with van der Waals surface area (Å²) in [6.07, 6.45) is 2.15. The van der Waals surface area contributed by atoms with Gasteiger partial charge >= 0.3 is 0 Å². The SMILES string of the molecule is Cc1noc(C)c1CC(=O)NCC1(c2ccccc2)CCOCC1. The number of ether oxygens (including phenoxy) is 1. The van der Waals surface area contributed by atoms with Gasteiger partial charge in [-0.1, -0.05) is 35.5 Å². The molecule has 5 heteroatoms. The number of aryl methyl sites for hydroxylation is 2. The van der Waals surface area contributed by atoms with Crippen LogP contribution in [0, 0.1) is 13.8 Å². The number of hydrogen-bond donors (Lipinski definition) is 1. The summed E-state index contributed by atoms with van der Waals surface area (Å²) in [5.41, 5.74) is 2.89. The van der Waals surface area contributed by atoms with Crippen molar-refractivity contribution in [2.75, 3.05) is 19.8 Å². The minimum atomic E-state index is -0.0477. The standard InChI is InChI=1S/C19H24N2O3/c1-14-17(15(2)24-21-14)12-18(22)20-13-19(8-10-23-11-9-19)16-6-4-3-5-7-16/h3-7H,8-13H2,1-2H3,(H,20,22). The van der Waals surface area contributed by atoms with Crippen molar-refractivity contribution < 1.29 is 14.1 Å². The van der Waals surface area contributed by atoms with E-state index in [1.165, 1.54) is 5.56 Å². The van der Waals surface area contributed by atoms with Crippen LogP contribution in [-0.4, -0.2) is 30.8 Å². The van der Waals surface area contributed by atoms with Crippen LogP contribution in [0.15, 0.2) is 34.9 Å². The van der Waals surface area contributed by atoms with Crippen LogP contribution in [0.4, 0.5) is 0 Å². The van der Waals surface area contributed by atoms with Gasteiger partial charge in [0, 0.05) is 30.7 Å². The molecule has 1 aromatic heterocycles. The molecule has 128 valence electrons. The Labute approximate surface area is 142 Å². The Hall–Kier alpha value is -2.14. The molecule has 2 heterocycles. The summed E-state index contributed by atoms with van der Waals surface area (Å²) >= 11 is 0. The Morgan fingerprint density at radius 1 is 1.21 bits per heavy atom. The van der Waals surface area contributed by atoms with E-state index in [-0.39, 0.29) is 11.3 Å². The summed E-state index contributed by atoms with van der Waals surface area (Å²) in [4.78, 5) is 12.4. The fourth-order valence-electron chi connectivity index (χ4n) is 3.37. The molecule has 0 spiro atoms. The molecule has 1 aliphatic rings. The summed E-state index contributed by atoms with van der Waals surface area (Å²) in [5.74, 6) is 0.720. The molecule has 0 bridgehead atoms. The van der Waals surface area contributed by atoms with Crippen LogP contribution < -0.4 is 5.32 Å². The Bertz CT molecular complexity index is 668. The third-order valence-electron chi connectivity index (χ3n) is 4.98. The Kier molecular flexibility index (Phi) is 5.00. The highest BCUT2D eigenvalue weighted by Gasteiger charge is 2.34. The lowest BCUT2D eigenvalue weighted by atomic mass is 9.74. The van der Waals surface area contributed by atoms with Crippen molar-refractivity contribution >= 4 is 5.91 Å². The number of hydrogen-bond acceptors (Lipinski definition) is 4. The number of rotatable bonds is 5. The minimum absolute atomic E-state index is 0.00574. The van der Waals surface area contributed by atoms with Crippen LogP contribution in [-0.2, 0) is 21.4 Å². The lowest BCUT2D eigenvalue weighted by Gasteiger charge is -2.38. The summed E-state index contributed by atoms with van der Waals surface area (Å²) in [5, 5.41) is 7.03. The van der Waals surface area contributed by atoms with Crippen LogP contribution in [0.2, 0.25) is 0 Å². The molecule has 5 nitrogen and oxygen atoms in total. The molecule has 1 N–H and O–H groups in total. The van der Waals surface area contributed by atoms with Crippen molar-refractivity contribution in [3.63, 3.8) is 0 Å². The van der Waals surface area contributed by atoms with Crippen molar-refractivity contribution in [1.29, 1.82) is 0 Å². The second-order valence-corrected chi connectivity index (χ2v) is 6.51. The van der Waals surface area contributed by atoms with Crippen LogP contribution in [0.1, 0.15) is 35.4 Å². The molecule has 2 aromatic rings. The molecular formula is C19H24N2O3. The first kappa shape index (κ1) is 16.7. The van der Waals surface area contributed by atoms with Gasteiger partial charge in [0.15, 0.2) is 0 Å². The van der Waals surface area contributed by atoms with Gasteiger partial charge in [-0.25, -0.2) is 0 Å². The third-order valence-corrected chi connectivity index (χ3v) is 4.98. The topological polar surface area (TPSA) is 64.4 Å². The maximum absolute atomic E-state index is 12.4. The summed E-state index contributed by atoms with van der Waals surface area (Å²) in [6.45, 7) is 5.79. The highest BCUT2D eigenvalue weighted by molar-refractivity contribution is 5.79. The third kappa shape index (κ3) is 3.51. The number of aromatic nitrogens is 1. The van der Waals surface area contributed by atoms with E-state index in [2.05, 4.69) is 34.7 Å². The first-order valence-corrected chi connectivity index (χ1v) is 8.42. The lowest BCUT2D eigenvalue weighted by Crippen LogP contribution is -2.45. The molecule has 0 unspecified atom stereocenters. The van der Waals surface area contributed by atoms with E-state index >= 15 is 0 Å². The average molecular weight is 328 g/mol. The molecule has 1 aliphatic heterocycles. The van der Waals surface area contributed by atoms with Crippen molar-refractivity contribution in [3.05, 3.63) is 52.9 Å². The largest absolute Gasteiger partial charge is 0.381 e. The molecule has 1 fully saturated rings. The number of amides is 1. The summed E-state index contributed by atoms with van der Waals surface area (Å²) in [7, 11) is 0. The molecular weight excluding hydrogens is 304 g/mol. The Morgan fingerprint density at radius 3 is 2.54 bits per heavy atom. The van der Waals surface area contributed by atoms with Crippen LogP contribution in [0.25, 0.3) is 0 Å². The van der Waals surface area contributed by atoms with Gasteiger partial charge in [-0.15, -0.1) is 0 Å². The first-order valence-electron chi connectivity index (χ1n) is 8.42. The predicted octanol–water partition coefficient (Wildman–Crippen LogP) is 2.70. The number of benzene rings is 1. The van der Waals surface area contributed by atoms with E-state index in [1.54, 1.807) is 0 Å². The maximum atomic E-state index is 12.4. The lowest BCUT2D eigenvalue weighted by molar-refractivity contribution is -0.121. The monoisotopic (exact) mass is 328 g/mol. The van der Waals surface area contributed by atoms with Gasteiger partial charge in [-0.2, -0.15) is 0 Å². The maximum Gasteiger partial charge on any atom is 0.224 e. The second-order valence-electron chi connectivity index (χ2n) is 6.51. The molecule has 1 aromatic carbocycles. The van der Waals surface area contributed by atoms with Gasteiger partial charge in [0.25, 0.3) is 0 Å². The van der Waals surface area contributed by atoms with Crippen LogP contribution >= 0.6 is 0 Å². The first-order chi connectivity index (χ1) is 11.6. The smallest absolute Gasteiger partial charge is 0.224 e. The molecule has 0 radical (unpaired) electrons. The molecule has 1 amide bonds. The molecule has 24 heavy (non-hydrogen) atoms. The highest BCUT2D eigenvalue weighted by Crippen LogP contribution is 2.34. The Morgan fingerprint density at radius 2 is 1.92 bits per heavy atom. The van der Waals surface area contributed by atoms with E-state index < -0.39 is 0 Å². The van der Waals surface area contributed by atoms with E-state index in [0.29, 0.717) is 18.7 Å². The van der Waals surface area contributed by atoms with Gasteiger partial charge < -0.3 is 14.6 Å². The van der Waals surface area contributed by atoms with Crippen molar-refractivity contribution in [2.24, 2.45) is 0 Å². The fraction of sp³-hybridized carbons (Fsp3) is 0.474. The normalized spacial score (nSPS) is 16.8. The van der Waals surface area contributed by atoms with E-state index in [9.17, 15) is 4.79 Å². The van der Waals surface area contributed by atoms with Crippen LogP contribution in [0.5, 0.6) is 0 Å². The second kappa shape index (κ2) is 7.18. The van der Waals surface area contributed by atoms with Gasteiger partial charge in [-0.3, -0.25) is 4.79 Å². The number of carbonyl (C=O) groups is 1. The number of nitrogens with zero attached hydrogens (tertiary/aromatic N) is 1. The molecule has 3 rings (SSSR count). The fourth-order valence-corrected chi connectivity index (χ4v) is 3.37. The van der Waals surface area contributed by atoms with Crippen molar-refractivity contribution in [1.82, 2.24) is 10.5 Å². The molecule has 0 aliphatic carbocycles. The van der Waals surface area contributed by atoms with E-state index in [1.807, 2.05) is 19.9 Å². The van der Waals surface area contributed by atoms with Gasteiger partial charge in [0.2, 0.25) is 5.91 Å². The molecule has 1 saturated heterocycles. The number of nitrogens with one attached hydrogen (secondary N) is 1. The zero-order valence-electron chi connectivity index (χ0n) is 14.3. The van der Waals surface area contributed by atoms with Crippen molar-refractivity contribution in [3.8, 4) is 0 Å². The average Bonchev–Trinajstić information content (AvgIpc) is 2.93. The van der Waals surface area contributed by atoms with Crippen molar-refractivity contribution in [2.45, 2.75) is 38.5 Å².